The number of anilines is 1. The molecular formula is C22H20F6N8O3. The van der Waals surface area contributed by atoms with Gasteiger partial charge in [0.05, 0.1) is 41.0 Å². The largest absolute Gasteiger partial charge is 0.479 e. The first-order chi connectivity index (χ1) is 19.5. The molecule has 5 rings (SSSR count). The van der Waals surface area contributed by atoms with Crippen molar-refractivity contribution in [3.8, 4) is 17.0 Å². The third-order valence-electron chi connectivity index (χ3n) is 6.17. The van der Waals surface area contributed by atoms with Gasteiger partial charge in [-0.15, -0.1) is 10.2 Å². The number of rotatable bonds is 6. The van der Waals surface area contributed by atoms with Crippen molar-refractivity contribution in [3.63, 3.8) is 0 Å². The molecule has 39 heavy (non-hydrogen) atoms. The van der Waals surface area contributed by atoms with Crippen molar-refractivity contribution < 1.29 is 45.1 Å². The quantitative estimate of drug-likeness (QED) is 0.345. The Balaban J connectivity index is 1.57. The second kappa shape index (κ2) is 9.55. The molecular weight excluding hydrogens is 538 g/mol. The Hall–Kier alpha value is -4.15. The summed E-state index contributed by atoms with van der Waals surface area (Å²) >= 11 is 0. The smallest absolute Gasteiger partial charge is 0.408 e. The summed E-state index contributed by atoms with van der Waals surface area (Å²) in [5.41, 5.74) is -0.752. The fraction of sp³-hybridized carbons (Fsp3) is 0.409. The number of methoxy groups -OCH3 is 1. The zero-order valence-corrected chi connectivity index (χ0v) is 19.6. The van der Waals surface area contributed by atoms with Gasteiger partial charge >= 0.3 is 6.18 Å². The lowest BCUT2D eigenvalue weighted by molar-refractivity contribution is -0.145. The number of hydrogen-bond donors (Lipinski definition) is 2. The molecule has 1 aromatic carbocycles. The van der Waals surface area contributed by atoms with Gasteiger partial charge in [0.1, 0.15) is 24.2 Å². The maximum atomic E-state index is 15.4. The SMILES string of the molecule is [2H]C([2H])([2H])Oc1nc(N[C@@H]2CCN(C(=O)CO)CC2(F)F)nn2cc(F)c(-c3ccc4nnn(CC(F)(F)F)c4c3)c12. The van der Waals surface area contributed by atoms with Gasteiger partial charge < -0.3 is 20.1 Å². The van der Waals surface area contributed by atoms with Crippen molar-refractivity contribution in [3.05, 3.63) is 30.2 Å². The van der Waals surface area contributed by atoms with Crippen LogP contribution >= 0.6 is 0 Å². The minimum Gasteiger partial charge on any atom is -0.479 e. The number of carbonyl (C=O) groups is 1. The minimum atomic E-state index is -4.63. The van der Waals surface area contributed by atoms with Crippen LogP contribution in [0.4, 0.5) is 32.3 Å². The lowest BCUT2D eigenvalue weighted by Gasteiger charge is -2.38. The van der Waals surface area contributed by atoms with Gasteiger partial charge in [0.25, 0.3) is 5.92 Å². The van der Waals surface area contributed by atoms with Gasteiger partial charge in [-0.25, -0.2) is 22.4 Å². The fourth-order valence-electron chi connectivity index (χ4n) is 4.42. The van der Waals surface area contributed by atoms with Crippen LogP contribution in [-0.2, 0) is 11.3 Å². The molecule has 3 aromatic heterocycles. The Bertz CT molecular complexity index is 1660. The van der Waals surface area contributed by atoms with Crippen LogP contribution in [0.2, 0.25) is 0 Å². The molecule has 1 aliphatic rings. The van der Waals surface area contributed by atoms with Crippen molar-refractivity contribution >= 4 is 28.4 Å². The number of piperidine rings is 1. The average Bonchev–Trinajstić information content (AvgIpc) is 3.42. The Morgan fingerprint density at radius 1 is 1.36 bits per heavy atom. The number of fused-ring (bicyclic) bond motifs is 2. The number of ether oxygens (including phenoxy) is 1. The number of aliphatic hydroxyl groups is 1. The molecule has 0 bridgehead atoms. The Labute approximate surface area is 219 Å². The number of amides is 1. The van der Waals surface area contributed by atoms with Crippen LogP contribution in [0.1, 0.15) is 10.5 Å². The molecule has 1 atom stereocenters. The zero-order chi connectivity index (χ0) is 30.6. The Kier molecular flexibility index (Phi) is 5.58. The first kappa shape index (κ1) is 22.8. The number of aliphatic hydroxyl groups excluding tert-OH is 1. The summed E-state index contributed by atoms with van der Waals surface area (Å²) in [7, 11) is -3.14. The third kappa shape index (κ3) is 5.00. The molecule has 1 amide bonds. The molecule has 4 heterocycles. The summed E-state index contributed by atoms with van der Waals surface area (Å²) in [5.74, 6) is -6.71. The molecule has 17 heteroatoms. The number of nitrogens with one attached hydrogen (secondary N) is 1. The molecule has 0 aliphatic carbocycles. The van der Waals surface area contributed by atoms with Gasteiger partial charge in [0, 0.05) is 6.54 Å². The van der Waals surface area contributed by atoms with Crippen molar-refractivity contribution in [2.75, 3.05) is 32.1 Å². The number of likely N-dealkylation sites (tertiary alicyclic amines) is 1. The average molecular weight is 561 g/mol. The van der Waals surface area contributed by atoms with Crippen LogP contribution < -0.4 is 10.1 Å². The summed E-state index contributed by atoms with van der Waals surface area (Å²) in [6.45, 7) is -3.58. The topological polar surface area (TPSA) is 123 Å². The summed E-state index contributed by atoms with van der Waals surface area (Å²) < 4.78 is 113. The van der Waals surface area contributed by atoms with E-state index in [0.717, 1.165) is 21.7 Å². The van der Waals surface area contributed by atoms with E-state index in [1.54, 1.807) is 0 Å². The highest BCUT2D eigenvalue weighted by atomic mass is 19.4. The molecule has 1 aliphatic heterocycles. The molecule has 11 nitrogen and oxygen atoms in total. The molecule has 2 N–H and O–H groups in total. The van der Waals surface area contributed by atoms with E-state index in [-0.39, 0.29) is 40.6 Å². The Morgan fingerprint density at radius 2 is 2.15 bits per heavy atom. The van der Waals surface area contributed by atoms with Crippen LogP contribution in [0.5, 0.6) is 5.88 Å². The maximum Gasteiger partial charge on any atom is 0.408 e. The normalized spacial score (nSPS) is 19.1. The predicted octanol–water partition coefficient (Wildman–Crippen LogP) is 2.49. The number of benzene rings is 1. The summed E-state index contributed by atoms with van der Waals surface area (Å²) in [6.07, 6.45) is -4.15. The number of carbonyl (C=O) groups excluding carboxylic acids is 1. The number of halogens is 6. The lowest BCUT2D eigenvalue weighted by Crippen LogP contribution is -2.56. The van der Waals surface area contributed by atoms with Gasteiger partial charge in [-0.2, -0.15) is 18.2 Å². The highest BCUT2D eigenvalue weighted by molar-refractivity contribution is 5.89. The van der Waals surface area contributed by atoms with E-state index in [9.17, 15) is 26.7 Å². The monoisotopic (exact) mass is 561 g/mol. The minimum absolute atomic E-state index is 0.0274. The van der Waals surface area contributed by atoms with Crippen LogP contribution in [-0.4, -0.2) is 90.4 Å². The highest BCUT2D eigenvalue weighted by Crippen LogP contribution is 2.36. The van der Waals surface area contributed by atoms with Crippen molar-refractivity contribution in [2.45, 2.75) is 31.1 Å². The molecule has 0 spiro atoms. The summed E-state index contributed by atoms with van der Waals surface area (Å²) in [5, 5.41) is 22.5. The second-order valence-electron chi connectivity index (χ2n) is 8.77. The number of aromatic nitrogens is 6. The van der Waals surface area contributed by atoms with Gasteiger partial charge in [-0.1, -0.05) is 11.3 Å². The van der Waals surface area contributed by atoms with E-state index in [4.69, 9.17) is 14.0 Å². The van der Waals surface area contributed by atoms with E-state index in [0.29, 0.717) is 4.68 Å². The molecule has 208 valence electrons. The molecule has 1 saturated heterocycles. The molecule has 4 aromatic rings. The van der Waals surface area contributed by atoms with E-state index in [1.807, 2.05) is 0 Å². The fourth-order valence-corrected chi connectivity index (χ4v) is 4.42. The first-order valence-electron chi connectivity index (χ1n) is 12.8. The van der Waals surface area contributed by atoms with Crippen molar-refractivity contribution in [1.82, 2.24) is 34.5 Å². The van der Waals surface area contributed by atoms with E-state index in [2.05, 4.69) is 25.7 Å². The van der Waals surface area contributed by atoms with E-state index < -0.39 is 68.4 Å². The molecule has 0 saturated carbocycles. The number of hydrogen-bond acceptors (Lipinski definition) is 8. The molecule has 0 radical (unpaired) electrons. The van der Waals surface area contributed by atoms with Gasteiger partial charge in [-0.05, 0) is 24.1 Å². The third-order valence-corrected chi connectivity index (χ3v) is 6.17. The zero-order valence-electron chi connectivity index (χ0n) is 22.6. The van der Waals surface area contributed by atoms with E-state index in [1.165, 1.54) is 12.1 Å². The summed E-state index contributed by atoms with van der Waals surface area (Å²) in [4.78, 5) is 16.4. The van der Waals surface area contributed by atoms with Crippen LogP contribution in [0, 0.1) is 5.82 Å². The Morgan fingerprint density at radius 3 is 2.85 bits per heavy atom. The second-order valence-corrected chi connectivity index (χ2v) is 8.77. The van der Waals surface area contributed by atoms with Crippen LogP contribution in [0.3, 0.4) is 0 Å². The van der Waals surface area contributed by atoms with Crippen molar-refractivity contribution in [1.29, 1.82) is 0 Å². The van der Waals surface area contributed by atoms with Crippen molar-refractivity contribution in [2.24, 2.45) is 0 Å². The molecule has 1 fully saturated rings. The highest BCUT2D eigenvalue weighted by Gasteiger charge is 2.46. The van der Waals surface area contributed by atoms with Gasteiger partial charge in [-0.3, -0.25) is 4.79 Å². The standard InChI is InChI=1S/C22H20F6N8O3/c1-39-19-18-17(11-2-3-13-14(6-11)36(33-31-13)10-22(26,27)28)12(23)7-35(18)32-20(30-19)29-15-4-5-34(16(38)8-37)9-21(15,24)25/h2-3,6-7,15,37H,4-5,8-10H2,1H3,(H,29,32)/t15-/m1/s1/i1D3. The predicted molar refractivity (Wildman–Crippen MR) is 123 cm³/mol. The number of alkyl halides is 5. The summed E-state index contributed by atoms with van der Waals surface area (Å²) in [6, 6.07) is 2.11. The maximum absolute atomic E-state index is 15.4. The van der Waals surface area contributed by atoms with Gasteiger partial charge in [0.15, 0.2) is 5.82 Å². The lowest BCUT2D eigenvalue weighted by atomic mass is 10.0. The van der Waals surface area contributed by atoms with Gasteiger partial charge in [0.2, 0.25) is 17.7 Å². The first-order valence-corrected chi connectivity index (χ1v) is 11.3. The number of nitrogens with zero attached hydrogens (tertiary/aromatic N) is 7. The van der Waals surface area contributed by atoms with E-state index >= 15 is 4.39 Å². The molecule has 0 unspecified atom stereocenters. The van der Waals surface area contributed by atoms with Crippen LogP contribution in [0.15, 0.2) is 24.4 Å². The van der Waals surface area contributed by atoms with Crippen LogP contribution in [0.25, 0.3) is 27.7 Å².